The molecule has 0 spiro atoms. The summed E-state index contributed by atoms with van der Waals surface area (Å²) in [5, 5.41) is 8.72. The third kappa shape index (κ3) is 3.88. The first-order chi connectivity index (χ1) is 16.4. The summed E-state index contributed by atoms with van der Waals surface area (Å²) in [5.74, 6) is 1.05. The number of hydrogen-bond acceptors (Lipinski definition) is 4. The number of benzene rings is 1. The van der Waals surface area contributed by atoms with Gasteiger partial charge in [-0.2, -0.15) is 5.10 Å². The highest BCUT2D eigenvalue weighted by Crippen LogP contribution is 2.38. The van der Waals surface area contributed by atoms with E-state index in [2.05, 4.69) is 71.6 Å². The van der Waals surface area contributed by atoms with Crippen LogP contribution in [0.25, 0.3) is 27.8 Å². The van der Waals surface area contributed by atoms with Crippen LogP contribution < -0.4 is 5.32 Å². The zero-order valence-electron chi connectivity index (χ0n) is 20.7. The Hall–Kier alpha value is -3.19. The molecule has 4 heterocycles. The highest BCUT2D eigenvalue weighted by Gasteiger charge is 2.27. The zero-order valence-corrected chi connectivity index (χ0v) is 20.7. The van der Waals surface area contributed by atoms with Crippen LogP contribution in [-0.4, -0.2) is 56.6 Å². The fourth-order valence-corrected chi connectivity index (χ4v) is 5.37. The van der Waals surface area contributed by atoms with Gasteiger partial charge in [0.05, 0.1) is 11.7 Å². The van der Waals surface area contributed by atoms with Crippen LogP contribution in [0.4, 0.5) is 0 Å². The van der Waals surface area contributed by atoms with E-state index in [1.54, 1.807) is 6.33 Å². The van der Waals surface area contributed by atoms with Gasteiger partial charge in [0.25, 0.3) is 0 Å². The van der Waals surface area contributed by atoms with Crippen LogP contribution in [0.2, 0.25) is 0 Å². The first kappa shape index (κ1) is 22.6. The van der Waals surface area contributed by atoms with Crippen LogP contribution in [0.1, 0.15) is 62.1 Å². The second-order valence-corrected chi connectivity index (χ2v) is 9.92. The van der Waals surface area contributed by atoms with Gasteiger partial charge in [-0.05, 0) is 80.5 Å². The lowest BCUT2D eigenvalue weighted by molar-refractivity contribution is -0.133. The van der Waals surface area contributed by atoms with Crippen molar-refractivity contribution in [1.82, 2.24) is 29.8 Å². The Balaban J connectivity index is 1.48. The van der Waals surface area contributed by atoms with Crippen molar-refractivity contribution in [2.45, 2.75) is 58.4 Å². The topological polar surface area (TPSA) is 78.3 Å². The van der Waals surface area contributed by atoms with Crippen molar-refractivity contribution >= 4 is 22.5 Å². The fourth-order valence-electron chi connectivity index (χ4n) is 5.37. The van der Waals surface area contributed by atoms with Gasteiger partial charge in [0.1, 0.15) is 6.33 Å². The standard InChI is InChI=1S/C27H34N6O/c1-16(2)24-22-13-20(19-8-10-32(11-9-19)27(34)18(4)28-5)6-7-23(22)31-25(24)21-12-17(3)26-29-15-30-33(26)14-21/h6-7,12-16,18-19,28,31H,8-11H2,1-5H3/t18-/m1/s1. The second-order valence-electron chi connectivity index (χ2n) is 9.92. The molecule has 0 bridgehead atoms. The molecule has 2 N–H and O–H groups in total. The number of aromatic amines is 1. The average Bonchev–Trinajstić information content (AvgIpc) is 3.47. The molecule has 5 rings (SSSR count). The monoisotopic (exact) mass is 458 g/mol. The molecular formula is C27H34N6O. The van der Waals surface area contributed by atoms with Gasteiger partial charge < -0.3 is 15.2 Å². The maximum Gasteiger partial charge on any atom is 0.239 e. The van der Waals surface area contributed by atoms with Gasteiger partial charge >= 0.3 is 0 Å². The van der Waals surface area contributed by atoms with Gasteiger partial charge in [0, 0.05) is 35.8 Å². The number of fused-ring (bicyclic) bond motifs is 2. The molecule has 0 saturated carbocycles. The van der Waals surface area contributed by atoms with Gasteiger partial charge in [0.2, 0.25) is 5.91 Å². The largest absolute Gasteiger partial charge is 0.354 e. The molecule has 1 fully saturated rings. The Bertz CT molecular complexity index is 1340. The predicted molar refractivity (Wildman–Crippen MR) is 136 cm³/mol. The molecule has 178 valence electrons. The molecule has 34 heavy (non-hydrogen) atoms. The molecular weight excluding hydrogens is 424 g/mol. The van der Waals surface area contributed by atoms with E-state index in [9.17, 15) is 4.79 Å². The minimum atomic E-state index is -0.125. The van der Waals surface area contributed by atoms with Crippen LogP contribution in [0.15, 0.2) is 36.8 Å². The van der Waals surface area contributed by atoms with E-state index >= 15 is 0 Å². The van der Waals surface area contributed by atoms with E-state index in [-0.39, 0.29) is 11.9 Å². The number of H-pyrrole nitrogens is 1. The van der Waals surface area contributed by atoms with Crippen LogP contribution in [0.3, 0.4) is 0 Å². The van der Waals surface area contributed by atoms with Crippen molar-refractivity contribution in [1.29, 1.82) is 0 Å². The number of amides is 1. The lowest BCUT2D eigenvalue weighted by Crippen LogP contribution is -2.46. The fraction of sp³-hybridized carbons (Fsp3) is 0.444. The van der Waals surface area contributed by atoms with Crippen molar-refractivity contribution in [2.75, 3.05) is 20.1 Å². The maximum atomic E-state index is 12.5. The van der Waals surface area contributed by atoms with E-state index in [1.807, 2.05) is 23.4 Å². The number of rotatable bonds is 5. The summed E-state index contributed by atoms with van der Waals surface area (Å²) in [6.45, 7) is 10.2. The third-order valence-electron chi connectivity index (χ3n) is 7.37. The van der Waals surface area contributed by atoms with Crippen LogP contribution in [0, 0.1) is 6.92 Å². The summed E-state index contributed by atoms with van der Waals surface area (Å²) in [6.07, 6.45) is 5.67. The zero-order chi connectivity index (χ0) is 24.0. The normalized spacial score (nSPS) is 16.1. The third-order valence-corrected chi connectivity index (χ3v) is 7.37. The molecule has 1 aromatic carbocycles. The molecule has 0 unspecified atom stereocenters. The minimum Gasteiger partial charge on any atom is -0.354 e. The number of pyridine rings is 1. The molecule has 7 heteroatoms. The highest BCUT2D eigenvalue weighted by molar-refractivity contribution is 5.92. The van der Waals surface area contributed by atoms with Crippen LogP contribution >= 0.6 is 0 Å². The number of carbonyl (C=O) groups is 1. The molecule has 7 nitrogen and oxygen atoms in total. The minimum absolute atomic E-state index is 0.125. The average molecular weight is 459 g/mol. The lowest BCUT2D eigenvalue weighted by atomic mass is 9.87. The molecule has 1 aliphatic rings. The van der Waals surface area contributed by atoms with Crippen molar-refractivity contribution in [3.05, 3.63) is 53.5 Å². The first-order valence-electron chi connectivity index (χ1n) is 12.3. The Morgan fingerprint density at radius 3 is 2.65 bits per heavy atom. The number of piperidine rings is 1. The Morgan fingerprint density at radius 1 is 1.18 bits per heavy atom. The van der Waals surface area contributed by atoms with E-state index in [4.69, 9.17) is 0 Å². The number of hydrogen-bond donors (Lipinski definition) is 2. The molecule has 1 saturated heterocycles. The van der Waals surface area contributed by atoms with Crippen molar-refractivity contribution in [2.24, 2.45) is 0 Å². The van der Waals surface area contributed by atoms with E-state index in [1.165, 1.54) is 16.5 Å². The summed E-state index contributed by atoms with van der Waals surface area (Å²) in [5.41, 5.74) is 8.16. The molecule has 1 amide bonds. The summed E-state index contributed by atoms with van der Waals surface area (Å²) in [4.78, 5) is 22.6. The maximum absolute atomic E-state index is 12.5. The highest BCUT2D eigenvalue weighted by atomic mass is 16.2. The van der Waals surface area contributed by atoms with Crippen molar-refractivity contribution in [3.63, 3.8) is 0 Å². The Kier molecular flexibility index (Phi) is 5.90. The lowest BCUT2D eigenvalue weighted by Gasteiger charge is -2.33. The first-order valence-corrected chi connectivity index (χ1v) is 12.3. The van der Waals surface area contributed by atoms with Gasteiger partial charge in [0.15, 0.2) is 5.65 Å². The smallest absolute Gasteiger partial charge is 0.239 e. The Labute approximate surface area is 200 Å². The molecule has 1 atom stereocenters. The molecule has 0 radical (unpaired) electrons. The van der Waals surface area contributed by atoms with Crippen molar-refractivity contribution < 1.29 is 4.79 Å². The number of aromatic nitrogens is 4. The van der Waals surface area contributed by atoms with Crippen molar-refractivity contribution in [3.8, 4) is 11.3 Å². The molecule has 0 aliphatic carbocycles. The van der Waals surface area contributed by atoms with Gasteiger partial charge in [-0.25, -0.2) is 9.50 Å². The van der Waals surface area contributed by atoms with Gasteiger partial charge in [-0.1, -0.05) is 19.9 Å². The molecule has 1 aliphatic heterocycles. The quantitative estimate of drug-likeness (QED) is 0.457. The predicted octanol–water partition coefficient (Wildman–Crippen LogP) is 4.62. The summed E-state index contributed by atoms with van der Waals surface area (Å²) < 4.78 is 1.86. The van der Waals surface area contributed by atoms with Gasteiger partial charge in [-0.3, -0.25) is 4.79 Å². The number of aryl methyl sites for hydroxylation is 1. The number of carbonyl (C=O) groups excluding carboxylic acids is 1. The molecule has 3 aromatic heterocycles. The Morgan fingerprint density at radius 2 is 1.94 bits per heavy atom. The van der Waals surface area contributed by atoms with E-state index < -0.39 is 0 Å². The van der Waals surface area contributed by atoms with Gasteiger partial charge in [-0.15, -0.1) is 0 Å². The number of nitrogens with one attached hydrogen (secondary N) is 2. The number of likely N-dealkylation sites (N-methyl/N-ethyl adjacent to an activating group) is 1. The van der Waals surface area contributed by atoms with Crippen LogP contribution in [-0.2, 0) is 4.79 Å². The number of nitrogens with zero attached hydrogens (tertiary/aromatic N) is 4. The second kappa shape index (κ2) is 8.87. The number of likely N-dealkylation sites (tertiary alicyclic amines) is 1. The summed E-state index contributed by atoms with van der Waals surface area (Å²) in [6, 6.07) is 8.93. The molecule has 4 aromatic rings. The summed E-state index contributed by atoms with van der Waals surface area (Å²) >= 11 is 0. The SMILES string of the molecule is CN[C@H](C)C(=O)N1CCC(c2ccc3[nH]c(-c4cc(C)c5ncnn5c4)c(C(C)C)c3c2)CC1. The van der Waals surface area contributed by atoms with E-state index in [0.717, 1.165) is 53.9 Å². The summed E-state index contributed by atoms with van der Waals surface area (Å²) in [7, 11) is 1.84. The van der Waals surface area contributed by atoms with E-state index in [0.29, 0.717) is 11.8 Å². The van der Waals surface area contributed by atoms with Crippen LogP contribution in [0.5, 0.6) is 0 Å².